The minimum absolute atomic E-state index is 0.0903. The Balaban J connectivity index is 1.86. The molecule has 0 aromatic rings. The van der Waals surface area contributed by atoms with Crippen molar-refractivity contribution in [3.8, 4) is 0 Å². The van der Waals surface area contributed by atoms with Crippen LogP contribution in [-0.2, 0) is 53.0 Å². The van der Waals surface area contributed by atoms with E-state index in [1.165, 1.54) is 0 Å². The molecule has 0 radical (unpaired) electrons. The normalized spacial score (nSPS) is 30.6. The Kier molecular flexibility index (Phi) is 6.60. The van der Waals surface area contributed by atoms with Gasteiger partial charge in [0.2, 0.25) is 12.2 Å². The second-order valence-electron chi connectivity index (χ2n) is 7.27. The summed E-state index contributed by atoms with van der Waals surface area (Å²) in [7, 11) is -6.68. The molecule has 3 saturated heterocycles. The first kappa shape index (κ1) is 25.1. The van der Waals surface area contributed by atoms with E-state index in [2.05, 4.69) is 14.2 Å². The number of halogens is 4. The van der Waals surface area contributed by atoms with Gasteiger partial charge in [-0.3, -0.25) is 4.55 Å². The molecule has 3 heterocycles. The molecule has 0 spiro atoms. The first-order chi connectivity index (χ1) is 15.2. The molecule has 0 aromatic heterocycles. The molecule has 0 saturated carbocycles. The second kappa shape index (κ2) is 8.68. The molecule has 0 aliphatic carbocycles. The van der Waals surface area contributed by atoms with Crippen LogP contribution in [0.4, 0.5) is 17.6 Å². The predicted molar refractivity (Wildman–Crippen MR) is 89.1 cm³/mol. The van der Waals surface area contributed by atoms with Crippen LogP contribution in [-0.4, -0.2) is 85.7 Å². The third-order valence-electron chi connectivity index (χ3n) is 5.11. The summed E-state index contributed by atoms with van der Waals surface area (Å²) < 4.78 is 111. The van der Waals surface area contributed by atoms with Crippen molar-refractivity contribution in [3.63, 3.8) is 0 Å². The van der Waals surface area contributed by atoms with Crippen molar-refractivity contribution < 1.29 is 73.4 Å². The van der Waals surface area contributed by atoms with Crippen molar-refractivity contribution in [3.05, 3.63) is 0 Å². The second-order valence-corrected chi connectivity index (χ2v) is 8.73. The monoisotopic (exact) mass is 508 g/mol. The summed E-state index contributed by atoms with van der Waals surface area (Å²) in [5.41, 5.74) is 0. The minimum Gasteiger partial charge on any atom is -0.463 e. The molecular weight excluding hydrogens is 492 g/mol. The highest BCUT2D eigenvalue weighted by atomic mass is 32.2. The molecule has 186 valence electrons. The number of carbonyl (C=O) groups excluding carboxylic acids is 4. The Morgan fingerprint density at radius 1 is 0.939 bits per heavy atom. The zero-order valence-electron chi connectivity index (χ0n) is 16.3. The Hall–Kier alpha value is -2.53. The molecule has 5 atom stereocenters. The fourth-order valence-corrected chi connectivity index (χ4v) is 3.87. The number of ether oxygens (including phenoxy) is 5. The lowest BCUT2D eigenvalue weighted by atomic mass is 9.92. The molecule has 12 nitrogen and oxygen atoms in total. The molecule has 3 aliphatic rings. The highest BCUT2D eigenvalue weighted by Crippen LogP contribution is 2.49. The summed E-state index contributed by atoms with van der Waals surface area (Å²) in [6.07, 6.45) is -9.46. The number of cyclic esters (lactones) is 2. The molecule has 0 amide bonds. The molecule has 1 N–H and O–H groups in total. The Labute approximate surface area is 182 Å². The SMILES string of the molecule is O=C1OCCC1OC(=O)C1CC(C(F)(F)C(F)(F)S(=O)(=O)O)C(C(=O)OC2CCOC2=O)O1. The molecule has 17 heteroatoms. The van der Waals surface area contributed by atoms with Gasteiger partial charge < -0.3 is 23.7 Å². The van der Waals surface area contributed by atoms with E-state index in [-0.39, 0.29) is 26.1 Å². The van der Waals surface area contributed by atoms with Crippen molar-refractivity contribution in [2.45, 2.75) is 54.9 Å². The predicted octanol–water partition coefficient (Wildman–Crippen LogP) is -0.407. The fourth-order valence-electron chi connectivity index (χ4n) is 3.37. The van der Waals surface area contributed by atoms with Gasteiger partial charge in [0.05, 0.1) is 19.1 Å². The Morgan fingerprint density at radius 2 is 1.42 bits per heavy atom. The number of rotatable bonds is 7. The van der Waals surface area contributed by atoms with Crippen LogP contribution in [0.25, 0.3) is 0 Å². The van der Waals surface area contributed by atoms with Crippen LogP contribution in [0, 0.1) is 5.92 Å². The molecule has 0 bridgehead atoms. The summed E-state index contributed by atoms with van der Waals surface area (Å²) in [6, 6.07) is 0. The Morgan fingerprint density at radius 3 is 1.85 bits per heavy atom. The van der Waals surface area contributed by atoms with Gasteiger partial charge >= 0.3 is 45.2 Å². The van der Waals surface area contributed by atoms with Gasteiger partial charge in [-0.15, -0.1) is 0 Å². The first-order valence-corrected chi connectivity index (χ1v) is 10.7. The van der Waals surface area contributed by atoms with E-state index in [0.29, 0.717) is 0 Å². The van der Waals surface area contributed by atoms with Gasteiger partial charge in [0.15, 0.2) is 12.2 Å². The van der Waals surface area contributed by atoms with Gasteiger partial charge in [-0.25, -0.2) is 19.2 Å². The lowest BCUT2D eigenvalue weighted by Crippen LogP contribution is -2.54. The smallest absolute Gasteiger partial charge is 0.431 e. The van der Waals surface area contributed by atoms with Gasteiger partial charge in [0.25, 0.3) is 0 Å². The van der Waals surface area contributed by atoms with Gasteiger partial charge in [0, 0.05) is 12.8 Å². The van der Waals surface area contributed by atoms with Crippen LogP contribution >= 0.6 is 0 Å². The van der Waals surface area contributed by atoms with Crippen molar-refractivity contribution >= 4 is 34.0 Å². The maximum absolute atomic E-state index is 14.6. The van der Waals surface area contributed by atoms with Crippen LogP contribution in [0.5, 0.6) is 0 Å². The summed E-state index contributed by atoms with van der Waals surface area (Å²) in [6.45, 7) is -0.300. The van der Waals surface area contributed by atoms with Crippen molar-refractivity contribution in [2.24, 2.45) is 5.92 Å². The number of alkyl halides is 4. The first-order valence-electron chi connectivity index (χ1n) is 9.29. The van der Waals surface area contributed by atoms with E-state index in [0.717, 1.165) is 0 Å². The van der Waals surface area contributed by atoms with Crippen molar-refractivity contribution in [1.29, 1.82) is 0 Å². The molecule has 3 fully saturated rings. The molecule has 33 heavy (non-hydrogen) atoms. The largest absolute Gasteiger partial charge is 0.463 e. The van der Waals surface area contributed by atoms with Crippen molar-refractivity contribution in [1.82, 2.24) is 0 Å². The van der Waals surface area contributed by atoms with Crippen LogP contribution in [0.1, 0.15) is 19.3 Å². The third kappa shape index (κ3) is 4.61. The fraction of sp³-hybridized carbons (Fsp3) is 0.750. The summed E-state index contributed by atoms with van der Waals surface area (Å²) >= 11 is 0. The van der Waals surface area contributed by atoms with E-state index >= 15 is 0 Å². The maximum Gasteiger partial charge on any atom is 0.431 e. The van der Waals surface area contributed by atoms with Gasteiger partial charge in [-0.05, 0) is 6.42 Å². The lowest BCUT2D eigenvalue weighted by Gasteiger charge is -2.30. The highest BCUT2D eigenvalue weighted by molar-refractivity contribution is 7.87. The van der Waals surface area contributed by atoms with Gasteiger partial charge in [-0.1, -0.05) is 0 Å². The van der Waals surface area contributed by atoms with Gasteiger partial charge in [0.1, 0.15) is 0 Å². The zero-order valence-corrected chi connectivity index (χ0v) is 17.1. The molecular formula is C16H16F4O12S. The molecule has 5 unspecified atom stereocenters. The molecule has 0 aromatic carbocycles. The van der Waals surface area contributed by atoms with Crippen LogP contribution < -0.4 is 0 Å². The molecule has 3 rings (SSSR count). The Bertz CT molecular complexity index is 951. The van der Waals surface area contributed by atoms with E-state index in [1.54, 1.807) is 0 Å². The summed E-state index contributed by atoms with van der Waals surface area (Å²) in [5, 5.41) is -6.09. The van der Waals surface area contributed by atoms with E-state index in [1.807, 2.05) is 0 Å². The van der Waals surface area contributed by atoms with E-state index in [9.17, 15) is 45.2 Å². The summed E-state index contributed by atoms with van der Waals surface area (Å²) in [5.74, 6) is -14.0. The topological polar surface area (TPSA) is 169 Å². The number of hydrogen-bond acceptors (Lipinski definition) is 11. The van der Waals surface area contributed by atoms with Gasteiger partial charge in [-0.2, -0.15) is 26.0 Å². The average molecular weight is 508 g/mol. The standard InChI is InChI=1S/C16H16F4O12S/c17-15(18,16(19,20)33(25,26)27)6-5-9(13(23)31-7-1-3-28-11(7)21)30-10(6)14(24)32-8-2-4-29-12(8)22/h6-10H,1-5H2,(H,25,26,27). The zero-order chi connectivity index (χ0) is 24.8. The van der Waals surface area contributed by atoms with Crippen LogP contribution in [0.15, 0.2) is 0 Å². The minimum atomic E-state index is -6.68. The summed E-state index contributed by atoms with van der Waals surface area (Å²) in [4.78, 5) is 47.5. The number of carbonyl (C=O) groups is 4. The lowest BCUT2D eigenvalue weighted by molar-refractivity contribution is -0.209. The maximum atomic E-state index is 14.6. The highest BCUT2D eigenvalue weighted by Gasteiger charge is 2.73. The van der Waals surface area contributed by atoms with Crippen molar-refractivity contribution in [2.75, 3.05) is 13.2 Å². The third-order valence-corrected chi connectivity index (χ3v) is 6.03. The average Bonchev–Trinajstić information content (AvgIpc) is 3.42. The van der Waals surface area contributed by atoms with E-state index < -0.39 is 81.9 Å². The quantitative estimate of drug-likeness (QED) is 0.205. The van der Waals surface area contributed by atoms with E-state index in [4.69, 9.17) is 14.0 Å². The van der Waals surface area contributed by atoms with Crippen LogP contribution in [0.2, 0.25) is 0 Å². The molecule has 3 aliphatic heterocycles. The van der Waals surface area contributed by atoms with Crippen LogP contribution in [0.3, 0.4) is 0 Å². The number of hydrogen-bond donors (Lipinski definition) is 1. The number of esters is 4.